The van der Waals surface area contributed by atoms with Crippen LogP contribution in [0.15, 0.2) is 42.5 Å². The molecule has 0 heterocycles. The zero-order valence-corrected chi connectivity index (χ0v) is 13.3. The van der Waals surface area contributed by atoms with Crippen LogP contribution in [0.2, 0.25) is 0 Å². The Bertz CT molecular complexity index is 704. The minimum absolute atomic E-state index is 0.142. The lowest BCUT2D eigenvalue weighted by Crippen LogP contribution is -2.43. The lowest BCUT2D eigenvalue weighted by Gasteiger charge is -2.49. The molecule has 2 heteroatoms. The maximum atomic E-state index is 9.85. The Kier molecular flexibility index (Phi) is 3.56. The first-order chi connectivity index (χ1) is 11.2. The molecule has 2 aromatic rings. The monoisotopic (exact) mass is 306 g/mol. The van der Waals surface area contributed by atoms with Crippen LogP contribution in [0.1, 0.15) is 42.4 Å². The largest absolute Gasteiger partial charge is 0.508 e. The molecule has 4 rings (SSSR count). The van der Waals surface area contributed by atoms with Crippen LogP contribution in [-0.4, -0.2) is 10.2 Å². The van der Waals surface area contributed by atoms with E-state index in [1.165, 1.54) is 23.1 Å². The van der Waals surface area contributed by atoms with Crippen LogP contribution in [0.3, 0.4) is 0 Å². The fraction of sp³-hybridized carbons (Fsp3) is 0.381. The van der Waals surface area contributed by atoms with Gasteiger partial charge >= 0.3 is 0 Å². The average Bonchev–Trinajstić information content (AvgIpc) is 2.56. The maximum Gasteiger partial charge on any atom is 0.115 e. The van der Waals surface area contributed by atoms with Gasteiger partial charge in [0.25, 0.3) is 0 Å². The van der Waals surface area contributed by atoms with Gasteiger partial charge in [0.1, 0.15) is 11.5 Å². The Morgan fingerprint density at radius 3 is 2.65 bits per heavy atom. The normalized spacial score (nSPS) is 26.3. The van der Waals surface area contributed by atoms with Crippen molar-refractivity contribution in [1.29, 1.82) is 0 Å². The Morgan fingerprint density at radius 1 is 1.04 bits per heavy atom. The van der Waals surface area contributed by atoms with Gasteiger partial charge in [-0.3, -0.25) is 0 Å². The van der Waals surface area contributed by atoms with E-state index in [1.54, 1.807) is 12.1 Å². The molecule has 2 nitrogen and oxygen atoms in total. The van der Waals surface area contributed by atoms with Crippen molar-refractivity contribution in [3.63, 3.8) is 0 Å². The number of hydrogen-bond donors (Lipinski definition) is 2. The molecule has 0 saturated heterocycles. The highest BCUT2D eigenvalue weighted by molar-refractivity contribution is 5.44. The van der Waals surface area contributed by atoms with Gasteiger partial charge in [-0.05, 0) is 91.8 Å². The van der Waals surface area contributed by atoms with Crippen molar-refractivity contribution in [1.82, 2.24) is 0 Å². The Balaban J connectivity index is 1.79. The van der Waals surface area contributed by atoms with Gasteiger partial charge in [-0.15, -0.1) is 0 Å². The first kappa shape index (κ1) is 14.6. The zero-order valence-electron chi connectivity index (χ0n) is 13.3. The summed E-state index contributed by atoms with van der Waals surface area (Å²) in [5.41, 5.74) is 4.14. The SMILES string of the molecule is Oc1ccc(CC23CC[C]CC2CCc2cc(O)ccc23)cc1. The van der Waals surface area contributed by atoms with E-state index in [2.05, 4.69) is 12.5 Å². The molecule has 2 aliphatic rings. The first-order valence-corrected chi connectivity index (χ1v) is 8.48. The van der Waals surface area contributed by atoms with E-state index >= 15 is 0 Å². The third-order valence-corrected chi connectivity index (χ3v) is 5.76. The second-order valence-electron chi connectivity index (χ2n) is 7.03. The Labute approximate surface area is 137 Å². The quantitative estimate of drug-likeness (QED) is 0.863. The van der Waals surface area contributed by atoms with E-state index in [4.69, 9.17) is 0 Å². The molecular weight excluding hydrogens is 284 g/mol. The standard InChI is InChI=1S/C21H22O2/c22-18-8-4-15(5-9-18)14-21-12-2-1-3-17(21)7-6-16-13-19(23)10-11-20(16)21/h4-5,8-11,13,17,22-23H,2-3,6-7,12,14H2. The van der Waals surface area contributed by atoms with Crippen LogP contribution in [0.5, 0.6) is 11.5 Å². The van der Waals surface area contributed by atoms with E-state index in [0.29, 0.717) is 17.4 Å². The van der Waals surface area contributed by atoms with Crippen LogP contribution >= 0.6 is 0 Å². The minimum atomic E-state index is 0.142. The fourth-order valence-electron chi connectivity index (χ4n) is 4.63. The van der Waals surface area contributed by atoms with Crippen molar-refractivity contribution in [2.24, 2.45) is 5.92 Å². The summed E-state index contributed by atoms with van der Waals surface area (Å²) < 4.78 is 0. The van der Waals surface area contributed by atoms with Crippen molar-refractivity contribution >= 4 is 0 Å². The summed E-state index contributed by atoms with van der Waals surface area (Å²) in [5, 5.41) is 19.4. The van der Waals surface area contributed by atoms with E-state index in [-0.39, 0.29) is 5.41 Å². The summed E-state index contributed by atoms with van der Waals surface area (Å²) in [6, 6.07) is 13.6. The number of phenolic OH excluding ortho intramolecular Hbond substituents is 2. The van der Waals surface area contributed by atoms with Gasteiger partial charge < -0.3 is 10.2 Å². The molecule has 2 radical (unpaired) electrons. The summed E-state index contributed by atoms with van der Waals surface area (Å²) in [6.45, 7) is 0. The Morgan fingerprint density at radius 2 is 1.83 bits per heavy atom. The molecule has 2 atom stereocenters. The smallest absolute Gasteiger partial charge is 0.115 e. The van der Waals surface area contributed by atoms with E-state index in [9.17, 15) is 10.2 Å². The molecule has 23 heavy (non-hydrogen) atoms. The highest BCUT2D eigenvalue weighted by Crippen LogP contribution is 2.52. The molecule has 2 N–H and O–H groups in total. The summed E-state index contributed by atoms with van der Waals surface area (Å²) in [4.78, 5) is 0. The van der Waals surface area contributed by atoms with Crippen LogP contribution in [-0.2, 0) is 18.3 Å². The number of aromatic hydroxyl groups is 2. The van der Waals surface area contributed by atoms with Gasteiger partial charge in [0.05, 0.1) is 0 Å². The van der Waals surface area contributed by atoms with Crippen molar-refractivity contribution in [2.75, 3.05) is 0 Å². The molecule has 2 aliphatic carbocycles. The summed E-state index contributed by atoms with van der Waals surface area (Å²) in [5.74, 6) is 1.32. The van der Waals surface area contributed by atoms with Gasteiger partial charge in [-0.25, -0.2) is 0 Å². The van der Waals surface area contributed by atoms with Crippen LogP contribution in [0.25, 0.3) is 0 Å². The topological polar surface area (TPSA) is 40.5 Å². The van der Waals surface area contributed by atoms with Gasteiger partial charge in [-0.1, -0.05) is 18.2 Å². The number of benzene rings is 2. The fourth-order valence-corrected chi connectivity index (χ4v) is 4.63. The van der Waals surface area contributed by atoms with Gasteiger partial charge in [0, 0.05) is 5.41 Å². The van der Waals surface area contributed by atoms with Gasteiger partial charge in [-0.2, -0.15) is 0 Å². The molecule has 0 amide bonds. The summed E-state index contributed by atoms with van der Waals surface area (Å²) in [7, 11) is 0. The second-order valence-corrected chi connectivity index (χ2v) is 7.03. The van der Waals surface area contributed by atoms with E-state index < -0.39 is 0 Å². The highest BCUT2D eigenvalue weighted by Gasteiger charge is 2.45. The molecular formula is C21H22O2. The first-order valence-electron chi connectivity index (χ1n) is 8.48. The predicted molar refractivity (Wildman–Crippen MR) is 90.5 cm³/mol. The third-order valence-electron chi connectivity index (χ3n) is 5.76. The molecule has 1 saturated carbocycles. The number of hydrogen-bond acceptors (Lipinski definition) is 2. The van der Waals surface area contributed by atoms with Gasteiger partial charge in [0.2, 0.25) is 0 Å². The molecule has 118 valence electrons. The predicted octanol–water partition coefficient (Wildman–Crippen LogP) is 4.41. The maximum absolute atomic E-state index is 9.85. The Hall–Kier alpha value is -1.96. The highest BCUT2D eigenvalue weighted by atomic mass is 16.3. The van der Waals surface area contributed by atoms with Crippen LogP contribution in [0, 0.1) is 12.3 Å². The zero-order chi connectivity index (χ0) is 15.9. The average molecular weight is 306 g/mol. The molecule has 0 aromatic heterocycles. The number of phenols is 2. The van der Waals surface area contributed by atoms with E-state index in [1.807, 2.05) is 24.3 Å². The lowest BCUT2D eigenvalue weighted by molar-refractivity contribution is 0.184. The summed E-state index contributed by atoms with van der Waals surface area (Å²) >= 11 is 0. The van der Waals surface area contributed by atoms with E-state index in [0.717, 1.165) is 32.1 Å². The molecule has 1 fully saturated rings. The summed E-state index contributed by atoms with van der Waals surface area (Å²) in [6.07, 6.45) is 10.00. The van der Waals surface area contributed by atoms with Crippen molar-refractivity contribution in [3.8, 4) is 11.5 Å². The molecule has 0 bridgehead atoms. The molecule has 0 aliphatic heterocycles. The molecule has 2 aromatic carbocycles. The number of fused-ring (bicyclic) bond motifs is 3. The molecule has 2 unspecified atom stereocenters. The lowest BCUT2D eigenvalue weighted by atomic mass is 9.55. The van der Waals surface area contributed by atoms with Crippen LogP contribution in [0.4, 0.5) is 0 Å². The van der Waals surface area contributed by atoms with Crippen molar-refractivity contribution < 1.29 is 10.2 Å². The molecule has 0 spiro atoms. The third kappa shape index (κ3) is 2.50. The van der Waals surface area contributed by atoms with Crippen LogP contribution < -0.4 is 0 Å². The van der Waals surface area contributed by atoms with Gasteiger partial charge in [0.15, 0.2) is 0 Å². The van der Waals surface area contributed by atoms with Crippen molar-refractivity contribution in [3.05, 3.63) is 65.6 Å². The number of rotatable bonds is 2. The minimum Gasteiger partial charge on any atom is -0.508 e. The number of aryl methyl sites for hydroxylation is 1. The van der Waals surface area contributed by atoms with Crippen molar-refractivity contribution in [2.45, 2.75) is 43.9 Å². The second kappa shape index (κ2) is 5.59.